The predicted octanol–water partition coefficient (Wildman–Crippen LogP) is 3.89. The molecule has 1 fully saturated rings. The highest BCUT2D eigenvalue weighted by Gasteiger charge is 2.27. The number of ether oxygens (including phenoxy) is 2. The Morgan fingerprint density at radius 2 is 1.83 bits per heavy atom. The minimum Gasteiger partial charge on any atom is -0.497 e. The summed E-state index contributed by atoms with van der Waals surface area (Å²) in [4.78, 5) is 19.9. The fourth-order valence-electron chi connectivity index (χ4n) is 4.27. The van der Waals surface area contributed by atoms with E-state index in [9.17, 15) is 4.79 Å². The van der Waals surface area contributed by atoms with Crippen molar-refractivity contribution in [2.75, 3.05) is 47.4 Å². The van der Waals surface area contributed by atoms with Crippen molar-refractivity contribution in [1.82, 2.24) is 14.7 Å². The van der Waals surface area contributed by atoms with E-state index in [0.717, 1.165) is 86.6 Å². The molecule has 1 saturated heterocycles. The van der Waals surface area contributed by atoms with Crippen molar-refractivity contribution in [3.8, 4) is 11.5 Å². The molecule has 2 heterocycles. The summed E-state index contributed by atoms with van der Waals surface area (Å²) in [6.07, 6.45) is 7.15. The summed E-state index contributed by atoms with van der Waals surface area (Å²) in [7, 11) is 5.54. The molecular weight excluding hydrogens is 366 g/mol. The smallest absolute Gasteiger partial charge is 0.324 e. The van der Waals surface area contributed by atoms with Crippen molar-refractivity contribution in [3.63, 3.8) is 0 Å². The van der Waals surface area contributed by atoms with E-state index in [1.807, 2.05) is 21.9 Å². The van der Waals surface area contributed by atoms with E-state index in [1.165, 1.54) is 0 Å². The summed E-state index contributed by atoms with van der Waals surface area (Å²) in [6, 6.07) is 4.08. The molecule has 0 bridgehead atoms. The van der Waals surface area contributed by atoms with Crippen LogP contribution >= 0.6 is 0 Å². The fourth-order valence-corrected chi connectivity index (χ4v) is 4.27. The zero-order valence-corrected chi connectivity index (χ0v) is 18.4. The van der Waals surface area contributed by atoms with Gasteiger partial charge in [-0.15, -0.1) is 0 Å². The minimum atomic E-state index is 0.108. The molecule has 3 rings (SSSR count). The van der Waals surface area contributed by atoms with Crippen LogP contribution in [0, 0.1) is 0 Å². The molecule has 160 valence electrons. The van der Waals surface area contributed by atoms with E-state index in [1.54, 1.807) is 14.2 Å². The summed E-state index contributed by atoms with van der Waals surface area (Å²) >= 11 is 0. The van der Waals surface area contributed by atoms with Crippen molar-refractivity contribution in [3.05, 3.63) is 35.0 Å². The van der Waals surface area contributed by atoms with Gasteiger partial charge in [-0.05, 0) is 70.8 Å². The molecule has 0 unspecified atom stereocenters. The van der Waals surface area contributed by atoms with E-state index in [-0.39, 0.29) is 6.03 Å². The quantitative estimate of drug-likeness (QED) is 0.771. The summed E-state index contributed by atoms with van der Waals surface area (Å²) < 4.78 is 11.1. The van der Waals surface area contributed by atoms with Gasteiger partial charge in [0.1, 0.15) is 11.5 Å². The molecule has 6 heteroatoms. The largest absolute Gasteiger partial charge is 0.497 e. The number of fused-ring (bicyclic) bond motifs is 2. The van der Waals surface area contributed by atoms with Crippen LogP contribution in [0.4, 0.5) is 4.79 Å². The Morgan fingerprint density at radius 1 is 1.03 bits per heavy atom. The van der Waals surface area contributed by atoms with Gasteiger partial charge >= 0.3 is 6.03 Å². The van der Waals surface area contributed by atoms with Crippen molar-refractivity contribution in [1.29, 1.82) is 0 Å². The Morgan fingerprint density at radius 3 is 2.55 bits per heavy atom. The molecule has 0 aliphatic carbocycles. The third kappa shape index (κ3) is 5.04. The molecular formula is C23H35N3O3. The number of carbonyl (C=O) groups is 1. The highest BCUT2D eigenvalue weighted by atomic mass is 16.5. The number of allylic oxidation sites excluding steroid dienone is 2. The van der Waals surface area contributed by atoms with Crippen LogP contribution in [0.2, 0.25) is 0 Å². The first-order valence-corrected chi connectivity index (χ1v) is 10.7. The number of carbonyl (C=O) groups excluding carboxylic acids is 1. The molecule has 0 atom stereocenters. The SMILES string of the molecule is CCN1CCCN(C)CCCCC2=CCc3c(cc(OC)cc3OC)CN2C1=O. The van der Waals surface area contributed by atoms with Crippen LogP contribution in [0.15, 0.2) is 23.9 Å². The first-order valence-electron chi connectivity index (χ1n) is 10.7. The van der Waals surface area contributed by atoms with Gasteiger partial charge in [-0.25, -0.2) is 4.79 Å². The van der Waals surface area contributed by atoms with Gasteiger partial charge in [0.15, 0.2) is 0 Å². The van der Waals surface area contributed by atoms with Crippen molar-refractivity contribution in [2.24, 2.45) is 0 Å². The van der Waals surface area contributed by atoms with Gasteiger partial charge in [-0.1, -0.05) is 6.08 Å². The number of hydrogen-bond donors (Lipinski definition) is 0. The lowest BCUT2D eigenvalue weighted by molar-refractivity contribution is 0.159. The zero-order valence-electron chi connectivity index (χ0n) is 18.4. The molecule has 29 heavy (non-hydrogen) atoms. The van der Waals surface area contributed by atoms with Crippen LogP contribution in [-0.2, 0) is 13.0 Å². The van der Waals surface area contributed by atoms with E-state index >= 15 is 0 Å². The van der Waals surface area contributed by atoms with Gasteiger partial charge in [-0.3, -0.25) is 4.90 Å². The number of benzene rings is 1. The molecule has 2 aliphatic rings. The molecule has 0 aromatic heterocycles. The first kappa shape index (κ1) is 21.5. The molecule has 0 N–H and O–H groups in total. The lowest BCUT2D eigenvalue weighted by atomic mass is 10.0. The number of nitrogens with zero attached hydrogens (tertiary/aromatic N) is 3. The average molecular weight is 402 g/mol. The topological polar surface area (TPSA) is 45.2 Å². The Labute approximate surface area is 175 Å². The van der Waals surface area contributed by atoms with Crippen molar-refractivity contribution < 1.29 is 14.3 Å². The van der Waals surface area contributed by atoms with E-state index in [4.69, 9.17) is 9.47 Å². The molecule has 1 aromatic rings. The monoisotopic (exact) mass is 401 g/mol. The molecule has 0 spiro atoms. The molecule has 0 radical (unpaired) electrons. The second kappa shape index (κ2) is 10.0. The highest BCUT2D eigenvalue weighted by Crippen LogP contribution is 2.34. The first-order chi connectivity index (χ1) is 14.1. The second-order valence-electron chi connectivity index (χ2n) is 7.93. The number of urea groups is 1. The third-order valence-electron chi connectivity index (χ3n) is 6.02. The highest BCUT2D eigenvalue weighted by molar-refractivity contribution is 5.77. The Kier molecular flexibility index (Phi) is 7.42. The number of hydrogen-bond acceptors (Lipinski definition) is 4. The summed E-state index contributed by atoms with van der Waals surface area (Å²) in [5.74, 6) is 1.59. The number of amides is 2. The minimum absolute atomic E-state index is 0.108. The van der Waals surface area contributed by atoms with Crippen LogP contribution < -0.4 is 9.47 Å². The van der Waals surface area contributed by atoms with Crippen LogP contribution in [0.5, 0.6) is 11.5 Å². The van der Waals surface area contributed by atoms with Gasteiger partial charge in [0.05, 0.1) is 20.8 Å². The molecule has 6 nitrogen and oxygen atoms in total. The maximum atomic E-state index is 13.5. The van der Waals surface area contributed by atoms with Crippen LogP contribution in [0.3, 0.4) is 0 Å². The third-order valence-corrected chi connectivity index (χ3v) is 6.02. The van der Waals surface area contributed by atoms with E-state index in [0.29, 0.717) is 6.54 Å². The molecule has 0 saturated carbocycles. The van der Waals surface area contributed by atoms with Gasteiger partial charge in [0.2, 0.25) is 0 Å². The van der Waals surface area contributed by atoms with Gasteiger partial charge < -0.3 is 19.3 Å². The number of methoxy groups -OCH3 is 2. The van der Waals surface area contributed by atoms with Crippen LogP contribution in [0.1, 0.15) is 43.7 Å². The van der Waals surface area contributed by atoms with Gasteiger partial charge in [0.25, 0.3) is 0 Å². The average Bonchev–Trinajstić information content (AvgIpc) is 2.91. The van der Waals surface area contributed by atoms with E-state index in [2.05, 4.69) is 24.9 Å². The van der Waals surface area contributed by atoms with Gasteiger partial charge in [0, 0.05) is 30.4 Å². The van der Waals surface area contributed by atoms with Gasteiger partial charge in [-0.2, -0.15) is 0 Å². The fraction of sp³-hybridized carbons (Fsp3) is 0.609. The predicted molar refractivity (Wildman–Crippen MR) is 115 cm³/mol. The Bertz CT molecular complexity index is 747. The van der Waals surface area contributed by atoms with Crippen LogP contribution in [-0.4, -0.2) is 68.2 Å². The molecule has 1 aromatic carbocycles. The standard InChI is InChI=1S/C23H35N3O3/c1-5-25-14-8-13-24(2)12-7-6-9-19-10-11-21-18(17-26(19)23(25)27)15-20(28-3)16-22(21)29-4/h10,15-16H,5-9,11-14,17H2,1-4H3. The summed E-state index contributed by atoms with van der Waals surface area (Å²) in [5, 5.41) is 0. The molecule has 2 amide bonds. The summed E-state index contributed by atoms with van der Waals surface area (Å²) in [5.41, 5.74) is 3.38. The zero-order chi connectivity index (χ0) is 20.8. The number of rotatable bonds is 3. The van der Waals surface area contributed by atoms with Crippen molar-refractivity contribution in [2.45, 2.75) is 45.6 Å². The maximum Gasteiger partial charge on any atom is 0.324 e. The lowest BCUT2D eigenvalue weighted by Gasteiger charge is -2.32. The maximum absolute atomic E-state index is 13.5. The lowest BCUT2D eigenvalue weighted by Crippen LogP contribution is -2.43. The normalized spacial score (nSPS) is 19.3. The van der Waals surface area contributed by atoms with E-state index < -0.39 is 0 Å². The van der Waals surface area contributed by atoms with Crippen LogP contribution in [0.25, 0.3) is 0 Å². The van der Waals surface area contributed by atoms with Crippen molar-refractivity contribution >= 4 is 6.03 Å². The molecule has 2 aliphatic heterocycles. The summed E-state index contributed by atoms with van der Waals surface area (Å²) in [6.45, 7) is 6.28. The second-order valence-corrected chi connectivity index (χ2v) is 7.93. The Hall–Kier alpha value is -2.21. The Balaban J connectivity index is 1.96.